The molecule has 3 heterocycles. The third kappa shape index (κ3) is 2.45. The molecular weight excluding hydrogens is 380 g/mol. The molecule has 0 saturated carbocycles. The fraction of sp³-hybridized carbons (Fsp3) is 0.0556. The number of fused-ring (bicyclic) bond motifs is 1. The minimum Gasteiger partial charge on any atom is -0.539 e. The SMILES string of the molecule is C[n+]1noc([O-])c1C(=O)c1sc2nc(N)c(C#N)c(-c3ccccc3)c2c1N. The van der Waals surface area contributed by atoms with Crippen molar-refractivity contribution < 1.29 is 19.1 Å². The van der Waals surface area contributed by atoms with Crippen molar-refractivity contribution in [2.75, 3.05) is 11.5 Å². The first-order chi connectivity index (χ1) is 13.4. The average Bonchev–Trinajstić information content (AvgIpc) is 3.19. The van der Waals surface area contributed by atoms with E-state index in [0.717, 1.165) is 16.0 Å². The van der Waals surface area contributed by atoms with Crippen LogP contribution in [0.2, 0.25) is 0 Å². The predicted octanol–water partition coefficient (Wildman–Crippen LogP) is 1.12. The second-order valence-electron chi connectivity index (χ2n) is 5.91. The van der Waals surface area contributed by atoms with Crippen LogP contribution in [0.15, 0.2) is 34.9 Å². The second-order valence-corrected chi connectivity index (χ2v) is 6.91. The summed E-state index contributed by atoms with van der Waals surface area (Å²) in [6.45, 7) is 0. The molecule has 4 rings (SSSR count). The molecule has 0 spiro atoms. The Morgan fingerprint density at radius 1 is 1.32 bits per heavy atom. The number of pyridine rings is 1. The van der Waals surface area contributed by atoms with Crippen LogP contribution in [-0.2, 0) is 7.05 Å². The lowest BCUT2D eigenvalue weighted by Crippen LogP contribution is -2.37. The van der Waals surface area contributed by atoms with Gasteiger partial charge >= 0.3 is 5.69 Å². The number of nitrogen functional groups attached to an aromatic ring is 2. The van der Waals surface area contributed by atoms with E-state index >= 15 is 0 Å². The maximum absolute atomic E-state index is 12.9. The molecule has 0 saturated heterocycles. The molecule has 0 fully saturated rings. The van der Waals surface area contributed by atoms with Crippen molar-refractivity contribution in [2.45, 2.75) is 0 Å². The monoisotopic (exact) mass is 392 g/mol. The normalized spacial score (nSPS) is 10.9. The molecule has 0 aliphatic carbocycles. The highest BCUT2D eigenvalue weighted by Crippen LogP contribution is 2.43. The highest BCUT2D eigenvalue weighted by atomic mass is 32.1. The quantitative estimate of drug-likeness (QED) is 0.387. The van der Waals surface area contributed by atoms with Gasteiger partial charge in [-0.2, -0.15) is 5.26 Å². The summed E-state index contributed by atoms with van der Waals surface area (Å²) in [5.74, 6) is -1.46. The Hall–Kier alpha value is -3.97. The van der Waals surface area contributed by atoms with Gasteiger partial charge in [0.15, 0.2) is 13.0 Å². The van der Waals surface area contributed by atoms with Crippen molar-refractivity contribution in [2.24, 2.45) is 7.05 Å². The first-order valence-corrected chi connectivity index (χ1v) is 8.80. The minimum absolute atomic E-state index is 0.0362. The van der Waals surface area contributed by atoms with E-state index in [9.17, 15) is 15.2 Å². The number of nitrogens with zero attached hydrogens (tertiary/aromatic N) is 4. The molecule has 10 heteroatoms. The molecule has 0 amide bonds. The number of aryl methyl sites for hydroxylation is 1. The Labute approximate surface area is 162 Å². The van der Waals surface area contributed by atoms with E-state index in [1.807, 2.05) is 30.3 Å². The zero-order valence-electron chi connectivity index (χ0n) is 14.5. The van der Waals surface area contributed by atoms with E-state index in [-0.39, 0.29) is 27.6 Å². The molecule has 0 atom stereocenters. The van der Waals surface area contributed by atoms with Crippen LogP contribution in [0.1, 0.15) is 20.9 Å². The second kappa shape index (κ2) is 6.33. The third-order valence-corrected chi connectivity index (χ3v) is 5.36. The Kier molecular flexibility index (Phi) is 3.94. The number of nitriles is 1. The standard InChI is InChI=1S/C18H12N6O3S/c1-24-13(18(26)27-23-24)14(25)15-12(20)11-10(8-5-3-2-4-6-8)9(7-19)16(21)22-17(11)28-15/h2-6H,1H3,(H4-,20,21,22,23,25,26). The zero-order valence-corrected chi connectivity index (χ0v) is 15.3. The van der Waals surface area contributed by atoms with E-state index in [2.05, 4.69) is 20.8 Å². The van der Waals surface area contributed by atoms with Gasteiger partial charge < -0.3 is 21.1 Å². The van der Waals surface area contributed by atoms with Gasteiger partial charge in [0.1, 0.15) is 27.2 Å². The van der Waals surface area contributed by atoms with E-state index in [4.69, 9.17) is 11.5 Å². The summed E-state index contributed by atoms with van der Waals surface area (Å²) in [5.41, 5.74) is 13.5. The molecule has 9 nitrogen and oxygen atoms in total. The number of ketones is 1. The summed E-state index contributed by atoms with van der Waals surface area (Å²) >= 11 is 0.993. The molecule has 1 aromatic carbocycles. The number of aromatic nitrogens is 3. The molecule has 0 bridgehead atoms. The summed E-state index contributed by atoms with van der Waals surface area (Å²) in [4.78, 5) is 17.6. The van der Waals surface area contributed by atoms with Crippen LogP contribution in [0.3, 0.4) is 0 Å². The van der Waals surface area contributed by atoms with Crippen LogP contribution in [-0.4, -0.2) is 16.0 Å². The van der Waals surface area contributed by atoms with Crippen LogP contribution >= 0.6 is 11.3 Å². The summed E-state index contributed by atoms with van der Waals surface area (Å²) < 4.78 is 5.57. The number of hydrogen-bond acceptors (Lipinski definition) is 9. The molecule has 0 aliphatic rings. The smallest absolute Gasteiger partial charge is 0.305 e. The van der Waals surface area contributed by atoms with Gasteiger partial charge in [0.25, 0.3) is 5.78 Å². The van der Waals surface area contributed by atoms with Gasteiger partial charge in [0.05, 0.1) is 11.0 Å². The molecule has 4 N–H and O–H groups in total. The van der Waals surface area contributed by atoms with Crippen molar-refractivity contribution in [3.8, 4) is 23.1 Å². The number of benzene rings is 1. The molecule has 0 radical (unpaired) electrons. The maximum Gasteiger partial charge on any atom is 0.305 e. The van der Waals surface area contributed by atoms with Crippen molar-refractivity contribution in [3.05, 3.63) is 46.5 Å². The van der Waals surface area contributed by atoms with Gasteiger partial charge in [-0.3, -0.25) is 4.79 Å². The molecule has 28 heavy (non-hydrogen) atoms. The number of nitrogens with two attached hydrogens (primary N) is 2. The van der Waals surface area contributed by atoms with Gasteiger partial charge in [-0.25, -0.2) is 4.98 Å². The van der Waals surface area contributed by atoms with Crippen molar-refractivity contribution in [1.82, 2.24) is 10.3 Å². The van der Waals surface area contributed by atoms with Crippen LogP contribution in [0, 0.1) is 11.3 Å². The van der Waals surface area contributed by atoms with Gasteiger partial charge in [-0.1, -0.05) is 35.0 Å². The van der Waals surface area contributed by atoms with E-state index < -0.39 is 11.7 Å². The fourth-order valence-corrected chi connectivity index (χ4v) is 4.06. The van der Waals surface area contributed by atoms with Crippen LogP contribution in [0.25, 0.3) is 21.3 Å². The lowest BCUT2D eigenvalue weighted by Gasteiger charge is -2.09. The van der Waals surface area contributed by atoms with E-state index in [0.29, 0.717) is 21.3 Å². The molecular formula is C18H12N6O3S. The zero-order chi connectivity index (χ0) is 20.0. The topological polar surface area (TPSA) is 159 Å². The van der Waals surface area contributed by atoms with Gasteiger partial charge in [-0.15, -0.1) is 11.3 Å². The Morgan fingerprint density at radius 2 is 2.04 bits per heavy atom. The predicted molar refractivity (Wildman–Crippen MR) is 99.2 cm³/mol. The Morgan fingerprint density at radius 3 is 2.64 bits per heavy atom. The first-order valence-electron chi connectivity index (χ1n) is 7.98. The third-order valence-electron chi connectivity index (χ3n) is 4.26. The number of carbonyl (C=O) groups is 1. The number of thiophene rings is 1. The average molecular weight is 392 g/mol. The first kappa shape index (κ1) is 17.4. The van der Waals surface area contributed by atoms with E-state index in [1.54, 1.807) is 0 Å². The lowest BCUT2D eigenvalue weighted by molar-refractivity contribution is -0.741. The number of carbonyl (C=O) groups excluding carboxylic acids is 1. The Bertz CT molecular complexity index is 1270. The van der Waals surface area contributed by atoms with Crippen molar-refractivity contribution >= 4 is 38.8 Å². The van der Waals surface area contributed by atoms with Crippen LogP contribution in [0.5, 0.6) is 5.95 Å². The highest BCUT2D eigenvalue weighted by Gasteiger charge is 2.30. The number of rotatable bonds is 3. The number of hydrogen-bond donors (Lipinski definition) is 2. The van der Waals surface area contributed by atoms with Crippen molar-refractivity contribution in [3.63, 3.8) is 0 Å². The largest absolute Gasteiger partial charge is 0.539 e. The van der Waals surface area contributed by atoms with Gasteiger partial charge in [0, 0.05) is 10.9 Å². The van der Waals surface area contributed by atoms with Gasteiger partial charge in [0.2, 0.25) is 0 Å². The molecule has 4 aromatic rings. The summed E-state index contributed by atoms with van der Waals surface area (Å²) in [6, 6.07) is 11.1. The minimum atomic E-state index is -0.863. The Balaban J connectivity index is 2.05. The van der Waals surface area contributed by atoms with Crippen LogP contribution < -0.4 is 21.3 Å². The maximum atomic E-state index is 12.9. The summed E-state index contributed by atoms with van der Waals surface area (Å²) in [6.07, 6.45) is 0. The lowest BCUT2D eigenvalue weighted by atomic mass is 9.97. The van der Waals surface area contributed by atoms with Crippen molar-refractivity contribution in [1.29, 1.82) is 5.26 Å². The fourth-order valence-electron chi connectivity index (χ4n) is 3.01. The van der Waals surface area contributed by atoms with Crippen LogP contribution in [0.4, 0.5) is 11.5 Å². The summed E-state index contributed by atoms with van der Waals surface area (Å²) in [7, 11) is 1.42. The van der Waals surface area contributed by atoms with Gasteiger partial charge in [-0.05, 0) is 5.56 Å². The molecule has 3 aromatic heterocycles. The molecule has 138 valence electrons. The molecule has 0 unspecified atom stereocenters. The number of anilines is 2. The summed E-state index contributed by atoms with van der Waals surface area (Å²) in [5, 5.41) is 25.3. The molecule has 0 aliphatic heterocycles. The van der Waals surface area contributed by atoms with E-state index in [1.165, 1.54) is 7.05 Å². The highest BCUT2D eigenvalue weighted by molar-refractivity contribution is 7.21.